The zero-order chi connectivity index (χ0) is 19.9. The zero-order valence-corrected chi connectivity index (χ0v) is 17.0. The van der Waals surface area contributed by atoms with Gasteiger partial charge in [-0.1, -0.05) is 35.6 Å². The lowest BCUT2D eigenvalue weighted by Gasteiger charge is -2.13. The number of aromatic nitrogens is 1. The fourth-order valence-electron chi connectivity index (χ4n) is 3.34. The third kappa shape index (κ3) is 3.60. The molecule has 3 aromatic rings. The first kappa shape index (κ1) is 18.9. The minimum absolute atomic E-state index is 0. The van der Waals surface area contributed by atoms with E-state index in [1.54, 1.807) is 13.0 Å². The first-order chi connectivity index (χ1) is 13.3. The molecule has 1 aliphatic rings. The monoisotopic (exact) mass is 421 g/mol. The van der Waals surface area contributed by atoms with E-state index in [2.05, 4.69) is 15.0 Å². The first-order valence-electron chi connectivity index (χ1n) is 8.79. The fraction of sp³-hybridized carbons (Fsp3) is 0.263. The highest BCUT2D eigenvalue weighted by molar-refractivity contribution is 7.89. The first-order valence-corrected chi connectivity index (χ1v) is 11.1. The molecule has 2 N–H and O–H groups in total. The number of amides is 1. The van der Waals surface area contributed by atoms with Crippen molar-refractivity contribution in [3.05, 3.63) is 53.2 Å². The number of hydrogen-bond donors (Lipinski definition) is 2. The number of anilines is 1. The lowest BCUT2D eigenvalue weighted by atomic mass is 10.1. The zero-order valence-electron chi connectivity index (χ0n) is 15.4. The molecule has 2 heterocycles. The van der Waals surface area contributed by atoms with E-state index in [0.717, 1.165) is 18.4 Å². The van der Waals surface area contributed by atoms with Crippen LogP contribution >= 0.6 is 11.3 Å². The summed E-state index contributed by atoms with van der Waals surface area (Å²) in [6.45, 7) is 3.18. The Morgan fingerprint density at radius 3 is 2.86 bits per heavy atom. The van der Waals surface area contributed by atoms with E-state index in [4.69, 9.17) is 4.42 Å². The number of carbonyl (C=O) groups excluding carboxylic acids is 1. The van der Waals surface area contributed by atoms with Gasteiger partial charge in [-0.15, -0.1) is 0 Å². The van der Waals surface area contributed by atoms with E-state index < -0.39 is 10.0 Å². The van der Waals surface area contributed by atoms with Crippen LogP contribution in [0.25, 0.3) is 10.6 Å². The topological polar surface area (TPSA) is 101 Å². The minimum Gasteiger partial charge on any atom is -0.442 e. The van der Waals surface area contributed by atoms with Crippen LogP contribution in [0.3, 0.4) is 0 Å². The van der Waals surface area contributed by atoms with Crippen molar-refractivity contribution in [2.45, 2.75) is 37.8 Å². The van der Waals surface area contributed by atoms with Crippen molar-refractivity contribution in [1.82, 2.24) is 9.71 Å². The van der Waals surface area contributed by atoms with Crippen molar-refractivity contribution >= 4 is 32.4 Å². The number of nitrogens with zero attached hydrogens (tertiary/aromatic N) is 1. The Morgan fingerprint density at radius 1 is 1.29 bits per heavy atom. The number of aryl methyl sites for hydroxylation is 2. The summed E-state index contributed by atoms with van der Waals surface area (Å²) < 4.78 is 34.0. The summed E-state index contributed by atoms with van der Waals surface area (Å²) in [4.78, 5) is 16.1. The third-order valence-electron chi connectivity index (χ3n) is 4.58. The normalized spacial score (nSPS) is 16.1. The van der Waals surface area contributed by atoms with Crippen molar-refractivity contribution in [3.63, 3.8) is 0 Å². The molecule has 0 bridgehead atoms. The molecule has 28 heavy (non-hydrogen) atoms. The summed E-state index contributed by atoms with van der Waals surface area (Å²) >= 11 is 1.24. The van der Waals surface area contributed by atoms with Gasteiger partial charge in [-0.3, -0.25) is 4.79 Å². The Labute approximate surface area is 169 Å². The van der Waals surface area contributed by atoms with Gasteiger partial charge in [0.15, 0.2) is 5.13 Å². The molecule has 4 rings (SSSR count). The van der Waals surface area contributed by atoms with Crippen LogP contribution in [0.4, 0.5) is 5.13 Å². The summed E-state index contributed by atoms with van der Waals surface area (Å²) in [6.07, 6.45) is 1.57. The molecule has 0 radical (unpaired) electrons. The Balaban J connectivity index is 0.00000160. The standard InChI is InChI=1S/C19H19N3O4S2.2H2/c1-11-18(27-19(20-11)21-12(2)23)16-9-10-17(26-16)28(24,25)22-15-8-7-13-5-3-4-6-14(13)15;;/h3-6,9-10,15,22H,7-8H2,1-2H3,(H,20,21,23);2*1H/t15-;;/m1../s1. The number of carbonyl (C=O) groups is 1. The van der Waals surface area contributed by atoms with Gasteiger partial charge in [0.2, 0.25) is 11.0 Å². The quantitative estimate of drug-likeness (QED) is 0.645. The molecule has 1 aliphatic carbocycles. The van der Waals surface area contributed by atoms with Gasteiger partial charge in [-0.2, -0.15) is 0 Å². The Hall–Kier alpha value is -2.49. The third-order valence-corrected chi connectivity index (χ3v) is 7.01. The molecule has 0 saturated heterocycles. The van der Waals surface area contributed by atoms with Crippen molar-refractivity contribution in [2.75, 3.05) is 5.32 Å². The molecule has 0 spiro atoms. The molecular formula is C19H23N3O4S2. The minimum atomic E-state index is -3.80. The van der Waals surface area contributed by atoms with Crippen LogP contribution in [-0.2, 0) is 21.2 Å². The second-order valence-corrected chi connectivity index (χ2v) is 9.29. The Bertz CT molecular complexity index is 1160. The summed E-state index contributed by atoms with van der Waals surface area (Å²) in [6, 6.07) is 10.6. The highest BCUT2D eigenvalue weighted by Gasteiger charge is 2.29. The number of hydrogen-bond acceptors (Lipinski definition) is 6. The van der Waals surface area contributed by atoms with Crippen LogP contribution in [0, 0.1) is 6.92 Å². The van der Waals surface area contributed by atoms with Crippen LogP contribution in [0.1, 0.15) is 39.1 Å². The number of rotatable bonds is 5. The SMILES string of the molecule is CC(=O)Nc1nc(C)c(-c2ccc(S(=O)(=O)N[C@@H]3CCc4ccccc43)o2)s1.[HH].[HH]. The highest BCUT2D eigenvalue weighted by atomic mass is 32.2. The average molecular weight is 422 g/mol. The molecule has 0 saturated carbocycles. The second-order valence-electron chi connectivity index (χ2n) is 6.64. The maximum absolute atomic E-state index is 12.8. The van der Waals surface area contributed by atoms with Gasteiger partial charge >= 0.3 is 0 Å². The van der Waals surface area contributed by atoms with Gasteiger partial charge in [-0.05, 0) is 43.0 Å². The van der Waals surface area contributed by atoms with Gasteiger partial charge in [-0.25, -0.2) is 18.1 Å². The van der Waals surface area contributed by atoms with Crippen LogP contribution in [-0.4, -0.2) is 19.3 Å². The van der Waals surface area contributed by atoms with Crippen molar-refractivity contribution in [3.8, 4) is 10.6 Å². The van der Waals surface area contributed by atoms with Crippen molar-refractivity contribution in [2.24, 2.45) is 0 Å². The van der Waals surface area contributed by atoms with E-state index >= 15 is 0 Å². The molecular weight excluding hydrogens is 398 g/mol. The van der Waals surface area contributed by atoms with Gasteiger partial charge in [0.05, 0.1) is 10.6 Å². The summed E-state index contributed by atoms with van der Waals surface area (Å²) in [7, 11) is -3.80. The summed E-state index contributed by atoms with van der Waals surface area (Å²) in [5.41, 5.74) is 2.84. The van der Waals surface area contributed by atoms with E-state index in [1.165, 1.54) is 29.9 Å². The average Bonchev–Trinajstić information content (AvgIpc) is 3.34. The van der Waals surface area contributed by atoms with Crippen LogP contribution in [0.15, 0.2) is 45.9 Å². The van der Waals surface area contributed by atoms with E-state index in [1.807, 2.05) is 24.3 Å². The van der Waals surface area contributed by atoms with Crippen molar-refractivity contribution in [1.29, 1.82) is 0 Å². The van der Waals surface area contributed by atoms with E-state index in [0.29, 0.717) is 21.5 Å². The number of sulfonamides is 1. The largest absolute Gasteiger partial charge is 0.442 e. The number of fused-ring (bicyclic) bond motifs is 1. The lowest BCUT2D eigenvalue weighted by molar-refractivity contribution is -0.114. The molecule has 7 nitrogen and oxygen atoms in total. The smallest absolute Gasteiger partial charge is 0.274 e. The number of thiazole rings is 1. The highest BCUT2D eigenvalue weighted by Crippen LogP contribution is 2.36. The molecule has 2 aromatic heterocycles. The fourth-order valence-corrected chi connectivity index (χ4v) is 5.50. The maximum atomic E-state index is 12.8. The summed E-state index contributed by atoms with van der Waals surface area (Å²) in [5.74, 6) is 0.183. The van der Waals surface area contributed by atoms with Gasteiger partial charge in [0.25, 0.3) is 10.0 Å². The lowest BCUT2D eigenvalue weighted by Crippen LogP contribution is -2.27. The van der Waals surface area contributed by atoms with Crippen LogP contribution in [0.5, 0.6) is 0 Å². The van der Waals surface area contributed by atoms with Crippen LogP contribution < -0.4 is 10.0 Å². The molecule has 1 aromatic carbocycles. The van der Waals surface area contributed by atoms with Crippen molar-refractivity contribution < 1.29 is 20.5 Å². The van der Waals surface area contributed by atoms with Gasteiger partial charge < -0.3 is 9.73 Å². The maximum Gasteiger partial charge on any atom is 0.274 e. The molecule has 9 heteroatoms. The molecule has 150 valence electrons. The second kappa shape index (κ2) is 7.16. The number of benzene rings is 1. The molecule has 0 unspecified atom stereocenters. The Kier molecular flexibility index (Phi) is 4.82. The number of furan rings is 1. The van der Waals surface area contributed by atoms with Gasteiger partial charge in [0, 0.05) is 15.8 Å². The van der Waals surface area contributed by atoms with Gasteiger partial charge in [0.1, 0.15) is 5.76 Å². The molecule has 1 amide bonds. The van der Waals surface area contributed by atoms with E-state index in [9.17, 15) is 13.2 Å². The number of nitrogens with one attached hydrogen (secondary N) is 2. The predicted molar refractivity (Wildman–Crippen MR) is 111 cm³/mol. The van der Waals surface area contributed by atoms with Crippen LogP contribution in [0.2, 0.25) is 0 Å². The predicted octanol–water partition coefficient (Wildman–Crippen LogP) is 4.13. The molecule has 0 fully saturated rings. The summed E-state index contributed by atoms with van der Waals surface area (Å²) in [5, 5.41) is 2.93. The van der Waals surface area contributed by atoms with E-state index in [-0.39, 0.29) is 19.9 Å². The Morgan fingerprint density at radius 2 is 2.07 bits per heavy atom. The molecule has 1 atom stereocenters. The molecule has 0 aliphatic heterocycles.